The van der Waals surface area contributed by atoms with Crippen molar-refractivity contribution in [1.82, 2.24) is 30.0 Å². The van der Waals surface area contributed by atoms with Crippen LogP contribution in [0.1, 0.15) is 58.5 Å². The van der Waals surface area contributed by atoms with Crippen LogP contribution in [0, 0.1) is 26.7 Å². The number of aryl methyl sites for hydroxylation is 3. The molecular weight excluding hydrogens is 494 g/mol. The molecule has 2 aliphatic heterocycles. The zero-order valence-corrected chi connectivity index (χ0v) is 22.0. The van der Waals surface area contributed by atoms with E-state index in [0.29, 0.717) is 29.1 Å². The molecule has 0 spiro atoms. The van der Waals surface area contributed by atoms with Gasteiger partial charge in [-0.05, 0) is 57.6 Å². The van der Waals surface area contributed by atoms with Gasteiger partial charge < -0.3 is 14.6 Å². The Balaban J connectivity index is 1.10. The molecule has 3 atom stereocenters. The number of aromatic nitrogens is 5. The maximum absolute atomic E-state index is 13.4. The number of piperidine rings is 1. The Kier molecular flexibility index (Phi) is 6.04. The van der Waals surface area contributed by atoms with E-state index in [1.807, 2.05) is 38.3 Å². The fourth-order valence-corrected chi connectivity index (χ4v) is 7.18. The van der Waals surface area contributed by atoms with Crippen LogP contribution in [0.5, 0.6) is 0 Å². The highest BCUT2D eigenvalue weighted by atomic mass is 32.1. The van der Waals surface area contributed by atoms with E-state index in [9.17, 15) is 4.79 Å². The molecule has 0 saturated carbocycles. The number of carbonyl (C=O) groups is 1. The van der Waals surface area contributed by atoms with E-state index < -0.39 is 0 Å². The second-order valence-electron chi connectivity index (χ2n) is 9.60. The summed E-state index contributed by atoms with van der Waals surface area (Å²) in [6, 6.07) is 4.23. The van der Waals surface area contributed by atoms with Gasteiger partial charge in [-0.3, -0.25) is 4.79 Å². The first-order valence-corrected chi connectivity index (χ1v) is 13.9. The predicted molar refractivity (Wildman–Crippen MR) is 139 cm³/mol. The SMILES string of the molecule is Cc1nnc(CC2C[C@H]3CC[C@@H](C2)N3C(=O)c2ccc(Nc3nc(-c4sc(C)nc4C)cs3)nc2)o1. The van der Waals surface area contributed by atoms with Crippen molar-refractivity contribution in [3.05, 3.63) is 51.8 Å². The number of pyridine rings is 1. The molecule has 1 N–H and O–H groups in total. The highest BCUT2D eigenvalue weighted by Gasteiger charge is 2.43. The van der Waals surface area contributed by atoms with Crippen LogP contribution in [0.15, 0.2) is 28.1 Å². The molecule has 9 nitrogen and oxygen atoms in total. The lowest BCUT2D eigenvalue weighted by Crippen LogP contribution is -2.47. The van der Waals surface area contributed by atoms with Gasteiger partial charge in [0.15, 0.2) is 5.13 Å². The molecule has 11 heteroatoms. The molecule has 1 unspecified atom stereocenters. The van der Waals surface area contributed by atoms with Gasteiger partial charge >= 0.3 is 0 Å². The third-order valence-corrected chi connectivity index (χ3v) is 8.84. The molecule has 2 bridgehead atoms. The Hall–Kier alpha value is -3.18. The molecule has 0 aromatic carbocycles. The smallest absolute Gasteiger partial charge is 0.255 e. The Morgan fingerprint density at radius 3 is 2.58 bits per heavy atom. The molecule has 36 heavy (non-hydrogen) atoms. The standard InChI is InChI=1S/C25H27N7O2S2/c1-13-23(36-15(3)27-13)20-12-35-25(28-20)29-21-7-4-17(11-26-21)24(33)32-18-5-6-19(32)9-16(8-18)10-22-31-30-14(2)34-22/h4,7,11-12,16,18-19H,5-6,8-10H2,1-3H3,(H,26,28,29)/t16?,18-,19+. The molecule has 186 valence electrons. The second-order valence-corrected chi connectivity index (χ2v) is 11.7. The van der Waals surface area contributed by atoms with Crippen molar-refractivity contribution in [2.24, 2.45) is 5.92 Å². The van der Waals surface area contributed by atoms with Gasteiger partial charge in [0.05, 0.1) is 26.8 Å². The molecule has 1 amide bonds. The molecule has 2 aliphatic rings. The third kappa shape index (κ3) is 4.53. The van der Waals surface area contributed by atoms with E-state index in [1.54, 1.807) is 17.5 Å². The van der Waals surface area contributed by atoms with E-state index >= 15 is 0 Å². The number of hydrogen-bond acceptors (Lipinski definition) is 10. The minimum absolute atomic E-state index is 0.0706. The molecular formula is C25H27N7O2S2. The highest BCUT2D eigenvalue weighted by Crippen LogP contribution is 2.40. The third-order valence-electron chi connectivity index (χ3n) is 6.98. The van der Waals surface area contributed by atoms with Gasteiger partial charge in [0.25, 0.3) is 5.91 Å². The molecule has 4 aromatic rings. The first kappa shape index (κ1) is 23.2. The van der Waals surface area contributed by atoms with Crippen molar-refractivity contribution in [2.45, 2.75) is 65.0 Å². The summed E-state index contributed by atoms with van der Waals surface area (Å²) in [6.07, 6.45) is 6.51. The van der Waals surface area contributed by atoms with Crippen LogP contribution < -0.4 is 5.32 Å². The maximum Gasteiger partial charge on any atom is 0.255 e. The van der Waals surface area contributed by atoms with Gasteiger partial charge in [0.1, 0.15) is 5.82 Å². The van der Waals surface area contributed by atoms with E-state index in [-0.39, 0.29) is 18.0 Å². The quantitative estimate of drug-likeness (QED) is 0.362. The van der Waals surface area contributed by atoms with Crippen molar-refractivity contribution in [1.29, 1.82) is 0 Å². The highest BCUT2D eigenvalue weighted by molar-refractivity contribution is 7.16. The van der Waals surface area contributed by atoms with Crippen molar-refractivity contribution < 1.29 is 9.21 Å². The molecule has 4 aromatic heterocycles. The number of anilines is 2. The summed E-state index contributed by atoms with van der Waals surface area (Å²) in [5.74, 6) is 2.51. The zero-order valence-electron chi connectivity index (χ0n) is 20.4. The lowest BCUT2D eigenvalue weighted by Gasteiger charge is -2.38. The van der Waals surface area contributed by atoms with Crippen molar-refractivity contribution >= 4 is 39.5 Å². The van der Waals surface area contributed by atoms with Gasteiger partial charge in [-0.1, -0.05) is 0 Å². The first-order chi connectivity index (χ1) is 17.4. The topological polar surface area (TPSA) is 110 Å². The minimum atomic E-state index is 0.0706. The normalized spacial score (nSPS) is 21.2. The summed E-state index contributed by atoms with van der Waals surface area (Å²) >= 11 is 3.18. The van der Waals surface area contributed by atoms with Gasteiger partial charge in [0.2, 0.25) is 11.8 Å². The van der Waals surface area contributed by atoms with Gasteiger partial charge in [-0.25, -0.2) is 15.0 Å². The van der Waals surface area contributed by atoms with Crippen LogP contribution in [0.4, 0.5) is 10.9 Å². The Morgan fingerprint density at radius 2 is 1.94 bits per heavy atom. The Labute approximate surface area is 217 Å². The largest absolute Gasteiger partial charge is 0.426 e. The summed E-state index contributed by atoms with van der Waals surface area (Å²) < 4.78 is 5.58. The lowest BCUT2D eigenvalue weighted by molar-refractivity contribution is 0.0519. The zero-order chi connectivity index (χ0) is 24.8. The van der Waals surface area contributed by atoms with Crippen LogP contribution in [0.25, 0.3) is 10.6 Å². The molecule has 0 radical (unpaired) electrons. The van der Waals surface area contributed by atoms with Crippen molar-refractivity contribution in [3.8, 4) is 10.6 Å². The van der Waals surface area contributed by atoms with Crippen molar-refractivity contribution in [3.63, 3.8) is 0 Å². The summed E-state index contributed by atoms with van der Waals surface area (Å²) in [5, 5.41) is 15.2. The van der Waals surface area contributed by atoms with Crippen LogP contribution in [0.3, 0.4) is 0 Å². The Morgan fingerprint density at radius 1 is 1.14 bits per heavy atom. The minimum Gasteiger partial charge on any atom is -0.426 e. The molecule has 2 fully saturated rings. The first-order valence-electron chi connectivity index (χ1n) is 12.2. The van der Waals surface area contributed by atoms with E-state index in [1.165, 1.54) is 11.3 Å². The van der Waals surface area contributed by atoms with Gasteiger partial charge in [0, 0.05) is 37.0 Å². The number of rotatable bonds is 6. The van der Waals surface area contributed by atoms with Crippen LogP contribution in [-0.4, -0.2) is 48.0 Å². The van der Waals surface area contributed by atoms with Crippen LogP contribution in [-0.2, 0) is 6.42 Å². The number of carbonyl (C=O) groups excluding carboxylic acids is 1. The summed E-state index contributed by atoms with van der Waals surface area (Å²) in [4.78, 5) is 30.3. The molecule has 6 rings (SSSR count). The average molecular weight is 522 g/mol. The fraction of sp³-hybridized carbons (Fsp3) is 0.440. The average Bonchev–Trinajstić information content (AvgIpc) is 3.61. The summed E-state index contributed by atoms with van der Waals surface area (Å²) in [5.41, 5.74) is 2.54. The summed E-state index contributed by atoms with van der Waals surface area (Å²) in [6.45, 7) is 5.82. The number of hydrogen-bond donors (Lipinski definition) is 1. The number of thiazole rings is 2. The number of nitrogens with zero attached hydrogens (tertiary/aromatic N) is 6. The van der Waals surface area contributed by atoms with Crippen molar-refractivity contribution in [2.75, 3.05) is 5.32 Å². The number of fused-ring (bicyclic) bond motifs is 2. The molecule has 6 heterocycles. The second kappa shape index (κ2) is 9.36. The maximum atomic E-state index is 13.4. The monoisotopic (exact) mass is 521 g/mol. The number of amides is 1. The Bertz CT molecular complexity index is 1380. The van der Waals surface area contributed by atoms with Gasteiger partial charge in [-0.15, -0.1) is 32.9 Å². The van der Waals surface area contributed by atoms with Crippen LogP contribution in [0.2, 0.25) is 0 Å². The number of nitrogens with one attached hydrogen (secondary N) is 1. The predicted octanol–water partition coefficient (Wildman–Crippen LogP) is 5.34. The summed E-state index contributed by atoms with van der Waals surface area (Å²) in [7, 11) is 0. The molecule has 0 aliphatic carbocycles. The lowest BCUT2D eigenvalue weighted by atomic mass is 9.88. The van der Waals surface area contributed by atoms with E-state index in [0.717, 1.165) is 58.5 Å². The molecule has 2 saturated heterocycles. The fourth-order valence-electron chi connectivity index (χ4n) is 5.51. The van der Waals surface area contributed by atoms with E-state index in [4.69, 9.17) is 9.40 Å². The van der Waals surface area contributed by atoms with E-state index in [2.05, 4.69) is 30.4 Å². The van der Waals surface area contributed by atoms with Gasteiger partial charge in [-0.2, -0.15) is 0 Å². The van der Waals surface area contributed by atoms with Crippen LogP contribution >= 0.6 is 22.7 Å².